The maximum Gasteiger partial charge on any atom is 0.255 e. The first-order valence-electron chi connectivity index (χ1n) is 12.2. The van der Waals surface area contributed by atoms with E-state index in [-0.39, 0.29) is 17.1 Å². The van der Waals surface area contributed by atoms with E-state index in [1.807, 2.05) is 6.07 Å². The van der Waals surface area contributed by atoms with Crippen molar-refractivity contribution in [1.29, 1.82) is 0 Å². The molecule has 1 saturated heterocycles. The minimum atomic E-state index is -3.77. The van der Waals surface area contributed by atoms with Gasteiger partial charge in [-0.2, -0.15) is 0 Å². The minimum absolute atomic E-state index is 0.0367. The summed E-state index contributed by atoms with van der Waals surface area (Å²) in [5, 5.41) is 12.0. The van der Waals surface area contributed by atoms with E-state index in [0.29, 0.717) is 28.5 Å². The Balaban J connectivity index is 1.56. The van der Waals surface area contributed by atoms with Crippen molar-refractivity contribution in [3.8, 4) is 0 Å². The van der Waals surface area contributed by atoms with Gasteiger partial charge in [0.1, 0.15) is 5.82 Å². The number of pyridine rings is 1. The largest absolute Gasteiger partial charge is 0.395 e. The average molecular weight is 534 g/mol. The number of hydrogen-bond donors (Lipinski definition) is 4. The Hall–Kier alpha value is -2.34. The lowest BCUT2D eigenvalue weighted by atomic mass is 9.94. The Kier molecular flexibility index (Phi) is 7.84. The standard InChI is InChI=1S/C25H35N5O4S2/c1-24(2,3)29-36(33,34)19-6-4-5-18(17-19)23(32)26-20-7-8-21(28-35-16-15-31)27-22(20)30-13-11-25(9-10-25)12-14-30/h4-8,17,29,31H,9-16H2,1-3H3,(H,26,32)(H,27,28). The van der Waals surface area contributed by atoms with Crippen LogP contribution < -0.4 is 19.7 Å². The molecule has 1 aromatic carbocycles. The summed E-state index contributed by atoms with van der Waals surface area (Å²) >= 11 is 1.36. The third kappa shape index (κ3) is 6.70. The molecule has 0 unspecified atom stereocenters. The second-order valence-corrected chi connectivity index (χ2v) is 13.1. The summed E-state index contributed by atoms with van der Waals surface area (Å²) in [6, 6.07) is 9.61. The molecule has 2 aromatic rings. The van der Waals surface area contributed by atoms with Gasteiger partial charge in [0.15, 0.2) is 5.82 Å². The third-order valence-corrected chi connectivity index (χ3v) is 8.92. The fourth-order valence-electron chi connectivity index (χ4n) is 4.35. The van der Waals surface area contributed by atoms with Gasteiger partial charge < -0.3 is 20.0 Å². The highest BCUT2D eigenvalue weighted by Gasteiger charge is 2.44. The highest BCUT2D eigenvalue weighted by Crippen LogP contribution is 2.54. The van der Waals surface area contributed by atoms with Crippen LogP contribution in [0.25, 0.3) is 0 Å². The SMILES string of the molecule is CC(C)(C)NS(=O)(=O)c1cccc(C(=O)Nc2ccc(NSCCO)nc2N2CCC3(CC2)CC3)c1. The zero-order valence-corrected chi connectivity index (χ0v) is 22.6. The Morgan fingerprint density at radius 1 is 1.14 bits per heavy atom. The molecular weight excluding hydrogens is 498 g/mol. The van der Waals surface area contributed by atoms with Crippen LogP contribution in [0.3, 0.4) is 0 Å². The van der Waals surface area contributed by atoms with Crippen LogP contribution in [-0.4, -0.2) is 55.4 Å². The number of amides is 1. The van der Waals surface area contributed by atoms with E-state index in [9.17, 15) is 13.2 Å². The molecule has 2 fully saturated rings. The number of aliphatic hydroxyl groups is 1. The number of benzene rings is 1. The van der Waals surface area contributed by atoms with Crippen LogP contribution in [-0.2, 0) is 10.0 Å². The van der Waals surface area contributed by atoms with Crippen molar-refractivity contribution < 1.29 is 18.3 Å². The Morgan fingerprint density at radius 2 is 1.86 bits per heavy atom. The van der Waals surface area contributed by atoms with Crippen molar-refractivity contribution in [2.45, 2.75) is 56.9 Å². The van der Waals surface area contributed by atoms with Crippen LogP contribution in [0.1, 0.15) is 56.8 Å². The smallest absolute Gasteiger partial charge is 0.255 e. The molecule has 2 heterocycles. The lowest BCUT2D eigenvalue weighted by Gasteiger charge is -2.34. The van der Waals surface area contributed by atoms with Crippen LogP contribution in [0.5, 0.6) is 0 Å². The molecule has 196 valence electrons. The summed E-state index contributed by atoms with van der Waals surface area (Å²) in [7, 11) is -3.77. The van der Waals surface area contributed by atoms with Crippen molar-refractivity contribution >= 4 is 45.2 Å². The molecule has 4 rings (SSSR count). The first kappa shape index (κ1) is 26.7. The van der Waals surface area contributed by atoms with Gasteiger partial charge in [-0.1, -0.05) is 6.07 Å². The molecule has 4 N–H and O–H groups in total. The Labute approximate surface area is 217 Å². The lowest BCUT2D eigenvalue weighted by molar-refractivity contribution is 0.102. The third-order valence-electron chi connectivity index (χ3n) is 6.42. The van der Waals surface area contributed by atoms with E-state index in [2.05, 4.69) is 19.7 Å². The molecule has 0 radical (unpaired) electrons. The molecule has 1 amide bonds. The van der Waals surface area contributed by atoms with Gasteiger partial charge in [0.2, 0.25) is 10.0 Å². The predicted octanol–water partition coefficient (Wildman–Crippen LogP) is 3.84. The molecule has 1 saturated carbocycles. The number of carbonyl (C=O) groups is 1. The van der Waals surface area contributed by atoms with Crippen LogP contribution in [0, 0.1) is 5.41 Å². The summed E-state index contributed by atoms with van der Waals surface area (Å²) in [4.78, 5) is 20.2. The molecule has 1 aliphatic carbocycles. The molecule has 1 aliphatic heterocycles. The maximum atomic E-state index is 13.2. The molecule has 36 heavy (non-hydrogen) atoms. The number of hydrogen-bond acceptors (Lipinski definition) is 8. The summed E-state index contributed by atoms with van der Waals surface area (Å²) in [6.07, 6.45) is 4.81. The quantitative estimate of drug-likeness (QED) is 0.283. The zero-order chi connectivity index (χ0) is 26.0. The number of carbonyl (C=O) groups excluding carboxylic acids is 1. The highest BCUT2D eigenvalue weighted by atomic mass is 32.2. The normalized spacial score (nSPS) is 17.2. The van der Waals surface area contributed by atoms with E-state index >= 15 is 0 Å². The average Bonchev–Trinajstić information content (AvgIpc) is 3.58. The molecule has 2 aliphatic rings. The van der Waals surface area contributed by atoms with E-state index in [1.165, 1.54) is 36.9 Å². The highest BCUT2D eigenvalue weighted by molar-refractivity contribution is 8.00. The van der Waals surface area contributed by atoms with Gasteiger partial charge in [-0.3, -0.25) is 4.79 Å². The van der Waals surface area contributed by atoms with Crippen molar-refractivity contribution in [1.82, 2.24) is 9.71 Å². The summed E-state index contributed by atoms with van der Waals surface area (Å²) in [6.45, 7) is 7.10. The van der Waals surface area contributed by atoms with Crippen molar-refractivity contribution in [2.24, 2.45) is 5.41 Å². The summed E-state index contributed by atoms with van der Waals surface area (Å²) in [5.74, 6) is 1.46. The monoisotopic (exact) mass is 533 g/mol. The first-order valence-corrected chi connectivity index (χ1v) is 14.7. The predicted molar refractivity (Wildman–Crippen MR) is 145 cm³/mol. The van der Waals surface area contributed by atoms with Gasteiger partial charge in [-0.15, -0.1) is 0 Å². The second kappa shape index (κ2) is 10.6. The topological polar surface area (TPSA) is 124 Å². The van der Waals surface area contributed by atoms with Crippen molar-refractivity contribution in [2.75, 3.05) is 40.4 Å². The molecule has 9 nitrogen and oxygen atoms in total. The number of sulfonamides is 1. The van der Waals surface area contributed by atoms with Gasteiger partial charge in [-0.25, -0.2) is 18.1 Å². The maximum absolute atomic E-state index is 13.2. The number of aromatic nitrogens is 1. The molecule has 11 heteroatoms. The van der Waals surface area contributed by atoms with Gasteiger partial charge in [0, 0.05) is 29.9 Å². The fourth-order valence-corrected chi connectivity index (χ4v) is 6.26. The van der Waals surface area contributed by atoms with Crippen molar-refractivity contribution in [3.05, 3.63) is 42.0 Å². The molecule has 1 aromatic heterocycles. The molecule has 0 bridgehead atoms. The van der Waals surface area contributed by atoms with Gasteiger partial charge in [-0.05, 0) is 94.1 Å². The zero-order valence-electron chi connectivity index (χ0n) is 21.0. The number of aliphatic hydroxyl groups excluding tert-OH is 1. The van der Waals surface area contributed by atoms with Gasteiger partial charge >= 0.3 is 0 Å². The van der Waals surface area contributed by atoms with E-state index in [4.69, 9.17) is 10.1 Å². The molecular formula is C25H35N5O4S2. The second-order valence-electron chi connectivity index (χ2n) is 10.6. The summed E-state index contributed by atoms with van der Waals surface area (Å²) < 4.78 is 31.3. The lowest BCUT2D eigenvalue weighted by Crippen LogP contribution is -2.40. The molecule has 0 atom stereocenters. The minimum Gasteiger partial charge on any atom is -0.395 e. The number of nitrogens with zero attached hydrogens (tertiary/aromatic N) is 2. The Morgan fingerprint density at radius 3 is 2.50 bits per heavy atom. The van der Waals surface area contributed by atoms with Crippen molar-refractivity contribution in [3.63, 3.8) is 0 Å². The van der Waals surface area contributed by atoms with E-state index in [1.54, 1.807) is 39.0 Å². The fraction of sp³-hybridized carbons (Fsp3) is 0.520. The van der Waals surface area contributed by atoms with Crippen LogP contribution in [0.4, 0.5) is 17.3 Å². The van der Waals surface area contributed by atoms with Gasteiger partial charge in [0.05, 0.1) is 17.2 Å². The Bertz CT molecular complexity index is 1200. The van der Waals surface area contributed by atoms with E-state index in [0.717, 1.165) is 25.9 Å². The van der Waals surface area contributed by atoms with Crippen LogP contribution >= 0.6 is 11.9 Å². The number of nitrogens with one attached hydrogen (secondary N) is 3. The first-order chi connectivity index (χ1) is 17.0. The molecule has 1 spiro atoms. The van der Waals surface area contributed by atoms with Crippen LogP contribution in [0.2, 0.25) is 0 Å². The van der Waals surface area contributed by atoms with Crippen LogP contribution in [0.15, 0.2) is 41.3 Å². The number of anilines is 3. The number of piperidine rings is 1. The van der Waals surface area contributed by atoms with Gasteiger partial charge in [0.25, 0.3) is 5.91 Å². The summed E-state index contributed by atoms with van der Waals surface area (Å²) in [5.41, 5.74) is 0.676. The number of rotatable bonds is 9. The van der Waals surface area contributed by atoms with E-state index < -0.39 is 21.5 Å².